The minimum atomic E-state index is -0.0782. The maximum absolute atomic E-state index is 13.0. The first-order valence-electron chi connectivity index (χ1n) is 9.06. The molecule has 5 nitrogen and oxygen atoms in total. The van der Waals surface area contributed by atoms with E-state index in [4.69, 9.17) is 0 Å². The molecule has 1 fully saturated rings. The highest BCUT2D eigenvalue weighted by molar-refractivity contribution is 6.05. The van der Waals surface area contributed by atoms with Crippen molar-refractivity contribution >= 4 is 17.4 Å². The summed E-state index contributed by atoms with van der Waals surface area (Å²) in [5.41, 5.74) is 1.35. The van der Waals surface area contributed by atoms with Gasteiger partial charge in [0.05, 0.1) is 0 Å². The molecule has 1 saturated heterocycles. The molecule has 1 atom stereocenters. The molecule has 2 heterocycles. The molecule has 1 aromatic heterocycles. The lowest BCUT2D eigenvalue weighted by atomic mass is 10.0. The summed E-state index contributed by atoms with van der Waals surface area (Å²) < 4.78 is 0. The van der Waals surface area contributed by atoms with Gasteiger partial charge in [-0.25, -0.2) is 9.97 Å². The Kier molecular flexibility index (Phi) is 5.31. The molecule has 0 aliphatic carbocycles. The first-order chi connectivity index (χ1) is 12.1. The first-order valence-corrected chi connectivity index (χ1v) is 9.06. The molecule has 2 aromatic rings. The molecular weight excluding hydrogens is 312 g/mol. The molecule has 0 N–H and O–H groups in total. The number of aromatic nitrogens is 2. The number of rotatable bonds is 4. The maximum atomic E-state index is 13.0. The molecule has 3 rings (SSSR count). The monoisotopic (exact) mass is 338 g/mol. The number of carbonyl (C=O) groups excluding carboxylic acids is 1. The number of amides is 1. The topological polar surface area (TPSA) is 49.3 Å². The third-order valence-electron chi connectivity index (χ3n) is 4.65. The van der Waals surface area contributed by atoms with Crippen molar-refractivity contribution in [2.24, 2.45) is 5.92 Å². The van der Waals surface area contributed by atoms with Crippen LogP contribution in [0.5, 0.6) is 0 Å². The first kappa shape index (κ1) is 17.4. The summed E-state index contributed by atoms with van der Waals surface area (Å²) in [6.45, 7) is 8.67. The van der Waals surface area contributed by atoms with Crippen LogP contribution in [0, 0.1) is 12.8 Å². The third-order valence-corrected chi connectivity index (χ3v) is 4.65. The average molecular weight is 338 g/mol. The molecule has 1 amide bonds. The van der Waals surface area contributed by atoms with Crippen LogP contribution in [0.1, 0.15) is 43.0 Å². The fourth-order valence-corrected chi connectivity index (χ4v) is 3.41. The van der Waals surface area contributed by atoms with Crippen LogP contribution in [-0.4, -0.2) is 35.5 Å². The van der Waals surface area contributed by atoms with Gasteiger partial charge in [0, 0.05) is 31.4 Å². The summed E-state index contributed by atoms with van der Waals surface area (Å²) >= 11 is 0. The lowest BCUT2D eigenvalue weighted by Crippen LogP contribution is -2.36. The van der Waals surface area contributed by atoms with Crippen LogP contribution in [0.2, 0.25) is 0 Å². The summed E-state index contributed by atoms with van der Waals surface area (Å²) in [4.78, 5) is 26.1. The number of para-hydroxylation sites is 1. The van der Waals surface area contributed by atoms with E-state index in [0.29, 0.717) is 24.0 Å². The normalized spacial score (nSPS) is 17.4. The number of hydrogen-bond acceptors (Lipinski definition) is 4. The van der Waals surface area contributed by atoms with E-state index < -0.39 is 0 Å². The van der Waals surface area contributed by atoms with E-state index in [1.54, 1.807) is 4.90 Å². The van der Waals surface area contributed by atoms with E-state index in [-0.39, 0.29) is 5.91 Å². The fraction of sp³-hybridized carbons (Fsp3) is 0.450. The third kappa shape index (κ3) is 3.98. The lowest BCUT2D eigenvalue weighted by Gasteiger charge is -2.32. The maximum Gasteiger partial charge on any atom is 0.277 e. The van der Waals surface area contributed by atoms with Gasteiger partial charge in [-0.15, -0.1) is 0 Å². The van der Waals surface area contributed by atoms with Crippen LogP contribution in [0.3, 0.4) is 0 Å². The van der Waals surface area contributed by atoms with Crippen LogP contribution in [0.15, 0.2) is 36.4 Å². The second-order valence-electron chi connectivity index (χ2n) is 6.74. The Balaban J connectivity index is 1.89. The van der Waals surface area contributed by atoms with E-state index in [2.05, 4.69) is 21.8 Å². The quantitative estimate of drug-likeness (QED) is 0.853. The molecule has 1 aliphatic rings. The Morgan fingerprint density at radius 3 is 2.72 bits per heavy atom. The van der Waals surface area contributed by atoms with Gasteiger partial charge in [-0.1, -0.05) is 25.1 Å². The molecule has 0 bridgehead atoms. The fourth-order valence-electron chi connectivity index (χ4n) is 3.41. The summed E-state index contributed by atoms with van der Waals surface area (Å²) in [5.74, 6) is 2.08. The van der Waals surface area contributed by atoms with Gasteiger partial charge in [0.15, 0.2) is 0 Å². The zero-order valence-electron chi connectivity index (χ0n) is 15.3. The predicted octanol–water partition coefficient (Wildman–Crippen LogP) is 3.69. The molecular formula is C20H26N4O. The second-order valence-corrected chi connectivity index (χ2v) is 6.74. The zero-order valence-corrected chi connectivity index (χ0v) is 15.3. The van der Waals surface area contributed by atoms with E-state index >= 15 is 0 Å². The number of carbonyl (C=O) groups is 1. The molecule has 25 heavy (non-hydrogen) atoms. The van der Waals surface area contributed by atoms with Gasteiger partial charge in [0.2, 0.25) is 0 Å². The molecule has 132 valence electrons. The SMILES string of the molecule is CCN(C(=O)c1cc(N2CCCC(C)C2)nc(C)n1)c1ccccc1. The zero-order chi connectivity index (χ0) is 17.8. The molecule has 0 radical (unpaired) electrons. The van der Waals surface area contributed by atoms with Gasteiger partial charge in [-0.3, -0.25) is 4.79 Å². The molecule has 1 unspecified atom stereocenters. The van der Waals surface area contributed by atoms with Crippen molar-refractivity contribution in [3.8, 4) is 0 Å². The largest absolute Gasteiger partial charge is 0.356 e. The smallest absolute Gasteiger partial charge is 0.277 e. The van der Waals surface area contributed by atoms with Crippen LogP contribution in [0.25, 0.3) is 0 Å². The summed E-state index contributed by atoms with van der Waals surface area (Å²) in [6.07, 6.45) is 2.42. The average Bonchev–Trinajstić information content (AvgIpc) is 2.62. The molecule has 0 saturated carbocycles. The van der Waals surface area contributed by atoms with Crippen molar-refractivity contribution < 1.29 is 4.79 Å². The Hall–Kier alpha value is -2.43. The highest BCUT2D eigenvalue weighted by Gasteiger charge is 2.22. The summed E-state index contributed by atoms with van der Waals surface area (Å²) in [5, 5.41) is 0. The van der Waals surface area contributed by atoms with Gasteiger partial charge < -0.3 is 9.80 Å². The van der Waals surface area contributed by atoms with Crippen LogP contribution in [0.4, 0.5) is 11.5 Å². The number of anilines is 2. The van der Waals surface area contributed by atoms with Gasteiger partial charge in [-0.05, 0) is 44.7 Å². The van der Waals surface area contributed by atoms with Gasteiger partial charge in [0.1, 0.15) is 17.3 Å². The van der Waals surface area contributed by atoms with Crippen LogP contribution >= 0.6 is 0 Å². The Labute approximate surface area is 149 Å². The summed E-state index contributed by atoms with van der Waals surface area (Å²) in [7, 11) is 0. The summed E-state index contributed by atoms with van der Waals surface area (Å²) in [6, 6.07) is 11.6. The van der Waals surface area contributed by atoms with Gasteiger partial charge in [-0.2, -0.15) is 0 Å². The number of benzene rings is 1. The van der Waals surface area contributed by atoms with E-state index in [1.807, 2.05) is 50.2 Å². The molecule has 1 aliphatic heterocycles. The number of aryl methyl sites for hydroxylation is 1. The Morgan fingerprint density at radius 1 is 1.28 bits per heavy atom. The van der Waals surface area contributed by atoms with Crippen LogP contribution in [-0.2, 0) is 0 Å². The second kappa shape index (κ2) is 7.64. The molecule has 1 aromatic carbocycles. The van der Waals surface area contributed by atoms with Crippen molar-refractivity contribution in [1.82, 2.24) is 9.97 Å². The highest BCUT2D eigenvalue weighted by Crippen LogP contribution is 2.23. The lowest BCUT2D eigenvalue weighted by molar-refractivity contribution is 0.0983. The molecule has 5 heteroatoms. The van der Waals surface area contributed by atoms with E-state index in [1.165, 1.54) is 12.8 Å². The Bertz CT molecular complexity index is 732. The van der Waals surface area contributed by atoms with Crippen molar-refractivity contribution in [1.29, 1.82) is 0 Å². The van der Waals surface area contributed by atoms with E-state index in [9.17, 15) is 4.79 Å². The highest BCUT2D eigenvalue weighted by atomic mass is 16.2. The van der Waals surface area contributed by atoms with Crippen LogP contribution < -0.4 is 9.80 Å². The number of hydrogen-bond donors (Lipinski definition) is 0. The minimum Gasteiger partial charge on any atom is -0.356 e. The number of piperidine rings is 1. The van der Waals surface area contributed by atoms with Crippen molar-refractivity contribution in [3.63, 3.8) is 0 Å². The molecule has 0 spiro atoms. The van der Waals surface area contributed by atoms with Crippen molar-refractivity contribution in [3.05, 3.63) is 47.9 Å². The minimum absolute atomic E-state index is 0.0782. The van der Waals surface area contributed by atoms with E-state index in [0.717, 1.165) is 24.6 Å². The predicted molar refractivity (Wildman–Crippen MR) is 101 cm³/mol. The standard InChI is InChI=1S/C20H26N4O/c1-4-24(17-10-6-5-7-11-17)20(25)18-13-19(22-16(3)21-18)23-12-8-9-15(2)14-23/h5-7,10-11,13,15H,4,8-9,12,14H2,1-3H3. The Morgan fingerprint density at radius 2 is 2.04 bits per heavy atom. The van der Waals surface area contributed by atoms with Gasteiger partial charge in [0.25, 0.3) is 5.91 Å². The van der Waals surface area contributed by atoms with Gasteiger partial charge >= 0.3 is 0 Å². The van der Waals surface area contributed by atoms with Crippen molar-refractivity contribution in [2.75, 3.05) is 29.4 Å². The number of nitrogens with zero attached hydrogens (tertiary/aromatic N) is 4. The van der Waals surface area contributed by atoms with Crippen molar-refractivity contribution in [2.45, 2.75) is 33.6 Å².